The van der Waals surface area contributed by atoms with Crippen molar-refractivity contribution >= 4 is 11.6 Å². The zero-order valence-electron chi connectivity index (χ0n) is 14.9. The Labute approximate surface area is 161 Å². The van der Waals surface area contributed by atoms with Gasteiger partial charge in [-0.1, -0.05) is 55.3 Å². The van der Waals surface area contributed by atoms with E-state index in [-0.39, 0.29) is 11.1 Å². The van der Waals surface area contributed by atoms with E-state index in [1.807, 2.05) is 12.1 Å². The molecule has 0 aliphatic heterocycles. The number of hydrogen-bond donors (Lipinski definition) is 0. The van der Waals surface area contributed by atoms with E-state index in [1.165, 1.54) is 5.56 Å². The Balaban J connectivity index is 1.75. The molecule has 1 aliphatic rings. The third-order valence-corrected chi connectivity index (χ3v) is 5.55. The average Bonchev–Trinajstić information content (AvgIpc) is 3.03. The van der Waals surface area contributed by atoms with Gasteiger partial charge in [0, 0.05) is 17.5 Å². The second-order valence-electron chi connectivity index (χ2n) is 6.98. The van der Waals surface area contributed by atoms with Crippen LogP contribution in [0.15, 0.2) is 42.5 Å². The van der Waals surface area contributed by atoms with Gasteiger partial charge >= 0.3 is 0 Å². The van der Waals surface area contributed by atoms with Crippen LogP contribution in [-0.2, 0) is 12.8 Å². The number of unbranched alkanes of at least 4 members (excludes halogenated alkanes) is 1. The molecule has 4 rings (SSSR count). The molecule has 3 aromatic carbocycles. The van der Waals surface area contributed by atoms with Crippen molar-refractivity contribution in [1.82, 2.24) is 0 Å². The van der Waals surface area contributed by atoms with Gasteiger partial charge in [-0.15, -0.1) is 0 Å². The largest absolute Gasteiger partial charge is 0.206 e. The molecule has 0 spiro atoms. The van der Waals surface area contributed by atoms with Crippen LogP contribution in [0.3, 0.4) is 0 Å². The summed E-state index contributed by atoms with van der Waals surface area (Å²) in [6, 6.07) is 11.8. The zero-order chi connectivity index (χ0) is 19.1. The lowest BCUT2D eigenvalue weighted by Gasteiger charge is -2.10. The quantitative estimate of drug-likeness (QED) is 0.322. The molecule has 0 saturated carbocycles. The van der Waals surface area contributed by atoms with Gasteiger partial charge in [0.25, 0.3) is 0 Å². The number of hydrogen-bond acceptors (Lipinski definition) is 0. The van der Waals surface area contributed by atoms with Crippen LogP contribution in [0.5, 0.6) is 0 Å². The van der Waals surface area contributed by atoms with Crippen LogP contribution in [-0.4, -0.2) is 0 Å². The Kier molecular flexibility index (Phi) is 4.73. The number of fused-ring (bicyclic) bond motifs is 3. The molecule has 3 aromatic rings. The number of aryl methyl sites for hydroxylation is 1. The number of rotatable bonds is 4. The molecule has 0 nitrogen and oxygen atoms in total. The first-order valence-electron chi connectivity index (χ1n) is 9.08. The van der Waals surface area contributed by atoms with Gasteiger partial charge in [0.1, 0.15) is 22.5 Å². The van der Waals surface area contributed by atoms with E-state index in [1.54, 1.807) is 6.07 Å². The van der Waals surface area contributed by atoms with Gasteiger partial charge in [0.05, 0.1) is 0 Å². The topological polar surface area (TPSA) is 0 Å². The predicted molar refractivity (Wildman–Crippen MR) is 104 cm³/mol. The SMILES string of the molecule is CCCCc1ccc2c(c1)Cc1c-2ccc(-c2cc(F)c(Cl)c(F)c2)c1F. The highest BCUT2D eigenvalue weighted by Crippen LogP contribution is 2.41. The minimum absolute atomic E-state index is 0.147. The van der Waals surface area contributed by atoms with E-state index in [4.69, 9.17) is 11.6 Å². The third-order valence-electron chi connectivity index (χ3n) is 5.18. The highest BCUT2D eigenvalue weighted by atomic mass is 35.5. The normalized spacial score (nSPS) is 12.2. The van der Waals surface area contributed by atoms with Crippen LogP contribution in [0.25, 0.3) is 22.3 Å². The molecule has 0 N–H and O–H groups in total. The second-order valence-corrected chi connectivity index (χ2v) is 7.36. The summed E-state index contributed by atoms with van der Waals surface area (Å²) in [5, 5.41) is -0.577. The molecule has 0 saturated heterocycles. The van der Waals surface area contributed by atoms with Crippen molar-refractivity contribution in [3.05, 3.63) is 81.6 Å². The molecule has 1 aliphatic carbocycles. The lowest BCUT2D eigenvalue weighted by Crippen LogP contribution is -1.94. The van der Waals surface area contributed by atoms with E-state index in [9.17, 15) is 8.78 Å². The lowest BCUT2D eigenvalue weighted by atomic mass is 9.97. The van der Waals surface area contributed by atoms with Crippen LogP contribution in [0, 0.1) is 17.5 Å². The summed E-state index contributed by atoms with van der Waals surface area (Å²) in [5.41, 5.74) is 5.14. The molecular weight excluding hydrogens is 369 g/mol. The van der Waals surface area contributed by atoms with Crippen molar-refractivity contribution in [2.24, 2.45) is 0 Å². The van der Waals surface area contributed by atoms with Gasteiger partial charge < -0.3 is 0 Å². The fraction of sp³-hybridized carbons (Fsp3) is 0.217. The maximum absolute atomic E-state index is 15.2. The van der Waals surface area contributed by atoms with Gasteiger partial charge in [-0.05, 0) is 52.8 Å². The Hall–Kier alpha value is -2.26. The highest BCUT2D eigenvalue weighted by molar-refractivity contribution is 6.31. The molecule has 138 valence electrons. The van der Waals surface area contributed by atoms with E-state index in [0.29, 0.717) is 12.0 Å². The molecule has 0 heterocycles. The Morgan fingerprint density at radius 3 is 2.26 bits per heavy atom. The minimum Gasteiger partial charge on any atom is -0.206 e. The Bertz CT molecular complexity index is 1020. The van der Waals surface area contributed by atoms with Crippen LogP contribution in [0.1, 0.15) is 36.5 Å². The van der Waals surface area contributed by atoms with Crippen molar-refractivity contribution < 1.29 is 13.2 Å². The fourth-order valence-corrected chi connectivity index (χ4v) is 3.87. The summed E-state index contributed by atoms with van der Waals surface area (Å²) in [4.78, 5) is 0. The molecular formula is C23H18ClF3. The van der Waals surface area contributed by atoms with Crippen LogP contribution >= 0.6 is 11.6 Å². The number of benzene rings is 3. The molecule has 0 fully saturated rings. The summed E-state index contributed by atoms with van der Waals surface area (Å²) in [6.45, 7) is 2.16. The summed E-state index contributed by atoms with van der Waals surface area (Å²) in [5.74, 6) is -2.22. The van der Waals surface area contributed by atoms with Crippen molar-refractivity contribution in [3.63, 3.8) is 0 Å². The molecule has 0 radical (unpaired) electrons. The first-order chi connectivity index (χ1) is 13.0. The van der Waals surface area contributed by atoms with Gasteiger partial charge in [-0.25, -0.2) is 13.2 Å². The van der Waals surface area contributed by atoms with E-state index < -0.39 is 22.5 Å². The molecule has 0 unspecified atom stereocenters. The molecule has 0 amide bonds. The Morgan fingerprint density at radius 2 is 1.56 bits per heavy atom. The standard InChI is InChI=1S/C23H18ClF3/c1-2-3-4-13-5-6-16-14(9-13)10-19-18(16)8-7-17(23(19)27)15-11-20(25)22(24)21(26)12-15/h5-9,11-12H,2-4,10H2,1H3. The lowest BCUT2D eigenvalue weighted by molar-refractivity contribution is 0.584. The first kappa shape index (κ1) is 18.1. The highest BCUT2D eigenvalue weighted by Gasteiger charge is 2.24. The summed E-state index contributed by atoms with van der Waals surface area (Å²) < 4.78 is 42.8. The maximum atomic E-state index is 15.2. The van der Waals surface area contributed by atoms with Gasteiger partial charge in [-0.3, -0.25) is 0 Å². The van der Waals surface area contributed by atoms with Crippen molar-refractivity contribution in [2.45, 2.75) is 32.6 Å². The predicted octanol–water partition coefficient (Wildman–Crippen LogP) is 7.34. The first-order valence-corrected chi connectivity index (χ1v) is 9.46. The zero-order valence-corrected chi connectivity index (χ0v) is 15.6. The van der Waals surface area contributed by atoms with Crippen LogP contribution in [0.2, 0.25) is 5.02 Å². The third kappa shape index (κ3) is 3.14. The van der Waals surface area contributed by atoms with Gasteiger partial charge in [-0.2, -0.15) is 0 Å². The van der Waals surface area contributed by atoms with Crippen LogP contribution in [0.4, 0.5) is 13.2 Å². The Morgan fingerprint density at radius 1 is 0.889 bits per heavy atom. The molecule has 0 atom stereocenters. The van der Waals surface area contributed by atoms with Crippen molar-refractivity contribution in [3.8, 4) is 22.3 Å². The van der Waals surface area contributed by atoms with E-state index in [0.717, 1.165) is 48.1 Å². The molecule has 0 bridgehead atoms. The summed E-state index contributed by atoms with van der Waals surface area (Å²) >= 11 is 5.54. The minimum atomic E-state index is -0.893. The van der Waals surface area contributed by atoms with Crippen molar-refractivity contribution in [1.29, 1.82) is 0 Å². The van der Waals surface area contributed by atoms with Gasteiger partial charge in [0.15, 0.2) is 0 Å². The molecule has 27 heavy (non-hydrogen) atoms. The van der Waals surface area contributed by atoms with E-state index >= 15 is 4.39 Å². The molecule has 0 aromatic heterocycles. The van der Waals surface area contributed by atoms with Crippen molar-refractivity contribution in [2.75, 3.05) is 0 Å². The van der Waals surface area contributed by atoms with Crippen LogP contribution < -0.4 is 0 Å². The second kappa shape index (κ2) is 7.05. The number of halogens is 4. The fourth-order valence-electron chi connectivity index (χ4n) is 3.76. The molecule has 4 heteroatoms. The smallest absolute Gasteiger partial charge is 0.145 e. The van der Waals surface area contributed by atoms with Gasteiger partial charge in [0.2, 0.25) is 0 Å². The average molecular weight is 387 g/mol. The summed E-state index contributed by atoms with van der Waals surface area (Å²) in [7, 11) is 0. The maximum Gasteiger partial charge on any atom is 0.145 e. The monoisotopic (exact) mass is 386 g/mol. The summed E-state index contributed by atoms with van der Waals surface area (Å²) in [6.07, 6.45) is 3.75. The van der Waals surface area contributed by atoms with E-state index in [2.05, 4.69) is 19.1 Å².